The fourth-order valence-electron chi connectivity index (χ4n) is 5.73. The highest BCUT2D eigenvalue weighted by Gasteiger charge is 2.50. The lowest BCUT2D eigenvalue weighted by molar-refractivity contribution is -0.0496. The number of phenols is 1. The third-order valence-corrected chi connectivity index (χ3v) is 6.25. The van der Waals surface area contributed by atoms with Gasteiger partial charge in [-0.3, -0.25) is 0 Å². The molecule has 0 atom stereocenters. The van der Waals surface area contributed by atoms with Gasteiger partial charge in [-0.2, -0.15) is 0 Å². The van der Waals surface area contributed by atoms with Gasteiger partial charge in [0.1, 0.15) is 5.75 Å². The molecule has 4 bridgehead atoms. The van der Waals surface area contributed by atoms with Crippen LogP contribution in [0, 0.1) is 30.1 Å². The number of aryl methyl sites for hydroxylation is 1. The van der Waals surface area contributed by atoms with E-state index in [1.54, 1.807) is 18.2 Å². The minimum absolute atomic E-state index is 0.130. The zero-order valence-electron chi connectivity index (χ0n) is 13.8. The molecule has 4 fully saturated rings. The lowest BCUT2D eigenvalue weighted by Crippen LogP contribution is -2.51. The van der Waals surface area contributed by atoms with Crippen LogP contribution in [-0.4, -0.2) is 17.7 Å². The van der Waals surface area contributed by atoms with Crippen LogP contribution in [0.1, 0.15) is 44.1 Å². The van der Waals surface area contributed by atoms with Crippen molar-refractivity contribution in [3.05, 3.63) is 23.8 Å². The molecule has 5 rings (SSSR count). The number of rotatable bonds is 3. The first-order valence-electron chi connectivity index (χ1n) is 8.86. The molecule has 0 saturated heterocycles. The van der Waals surface area contributed by atoms with Crippen molar-refractivity contribution in [1.29, 1.82) is 0 Å². The van der Waals surface area contributed by atoms with E-state index in [9.17, 15) is 9.90 Å². The molecule has 4 aliphatic rings. The quantitative estimate of drug-likeness (QED) is 0.737. The molecule has 4 nitrogen and oxygen atoms in total. The van der Waals surface area contributed by atoms with Crippen molar-refractivity contribution in [3.8, 4) is 5.75 Å². The number of nitrogens with one attached hydrogen (secondary N) is 2. The van der Waals surface area contributed by atoms with Gasteiger partial charge < -0.3 is 15.7 Å². The summed E-state index contributed by atoms with van der Waals surface area (Å²) in [5.74, 6) is 2.95. The van der Waals surface area contributed by atoms with Crippen LogP contribution >= 0.6 is 0 Å². The number of hydrogen-bond donors (Lipinski definition) is 3. The van der Waals surface area contributed by atoms with Crippen LogP contribution in [0.15, 0.2) is 18.2 Å². The minimum atomic E-state index is -0.130. The molecule has 0 unspecified atom stereocenters. The molecule has 0 radical (unpaired) electrons. The zero-order valence-corrected chi connectivity index (χ0v) is 13.8. The van der Waals surface area contributed by atoms with Crippen LogP contribution in [0.25, 0.3) is 0 Å². The number of carbonyl (C=O) groups is 1. The van der Waals surface area contributed by atoms with Crippen molar-refractivity contribution in [3.63, 3.8) is 0 Å². The summed E-state index contributed by atoms with van der Waals surface area (Å²) in [5.41, 5.74) is 1.98. The largest absolute Gasteiger partial charge is 0.508 e. The molecule has 0 aromatic heterocycles. The Hall–Kier alpha value is -1.71. The van der Waals surface area contributed by atoms with E-state index >= 15 is 0 Å². The molecule has 4 aliphatic carbocycles. The maximum atomic E-state index is 12.3. The summed E-state index contributed by atoms with van der Waals surface area (Å²) >= 11 is 0. The average molecular weight is 314 g/mol. The number of benzene rings is 1. The minimum Gasteiger partial charge on any atom is -0.508 e. The number of hydrogen-bond acceptors (Lipinski definition) is 2. The SMILES string of the molecule is Cc1cc(O)ccc1NC(=O)NCC12CC3CC(CC(C3)C1)C2. The normalized spacial score (nSPS) is 34.4. The number of urea groups is 1. The summed E-state index contributed by atoms with van der Waals surface area (Å²) in [6.07, 6.45) is 8.20. The highest BCUT2D eigenvalue weighted by atomic mass is 16.3. The van der Waals surface area contributed by atoms with Gasteiger partial charge in [-0.1, -0.05) is 0 Å². The fourth-order valence-corrected chi connectivity index (χ4v) is 5.73. The van der Waals surface area contributed by atoms with Gasteiger partial charge >= 0.3 is 6.03 Å². The van der Waals surface area contributed by atoms with Gasteiger partial charge in [0.15, 0.2) is 0 Å². The van der Waals surface area contributed by atoms with Crippen molar-refractivity contribution in [1.82, 2.24) is 5.32 Å². The molecule has 0 heterocycles. The fraction of sp³-hybridized carbons (Fsp3) is 0.632. The molecule has 0 aliphatic heterocycles. The summed E-state index contributed by atoms with van der Waals surface area (Å²) in [5, 5.41) is 15.5. The second kappa shape index (κ2) is 5.43. The molecule has 2 amide bonds. The molecule has 3 N–H and O–H groups in total. The molecule has 0 spiro atoms. The van der Waals surface area contributed by atoms with Crippen molar-refractivity contribution in [2.45, 2.75) is 45.4 Å². The van der Waals surface area contributed by atoms with Crippen LogP contribution in [0.3, 0.4) is 0 Å². The maximum Gasteiger partial charge on any atom is 0.319 e. The highest BCUT2D eigenvalue weighted by Crippen LogP contribution is 2.59. The van der Waals surface area contributed by atoms with E-state index in [1.807, 2.05) is 6.92 Å². The summed E-state index contributed by atoms with van der Waals surface area (Å²) in [7, 11) is 0. The Bertz CT molecular complexity index is 591. The van der Waals surface area contributed by atoms with Crippen LogP contribution in [-0.2, 0) is 0 Å². The third kappa shape index (κ3) is 2.91. The van der Waals surface area contributed by atoms with Crippen molar-refractivity contribution < 1.29 is 9.90 Å². The maximum absolute atomic E-state index is 12.3. The highest BCUT2D eigenvalue weighted by molar-refractivity contribution is 5.90. The lowest BCUT2D eigenvalue weighted by Gasteiger charge is -2.56. The van der Waals surface area contributed by atoms with E-state index in [4.69, 9.17) is 0 Å². The van der Waals surface area contributed by atoms with E-state index in [0.29, 0.717) is 5.41 Å². The van der Waals surface area contributed by atoms with Crippen LogP contribution in [0.2, 0.25) is 0 Å². The molecule has 23 heavy (non-hydrogen) atoms. The van der Waals surface area contributed by atoms with Gasteiger partial charge in [0.25, 0.3) is 0 Å². The Kier molecular flexibility index (Phi) is 3.51. The van der Waals surface area contributed by atoms with Crippen LogP contribution in [0.4, 0.5) is 10.5 Å². The number of carbonyl (C=O) groups excluding carboxylic acids is 1. The second-order valence-corrected chi connectivity index (χ2v) is 8.22. The van der Waals surface area contributed by atoms with Gasteiger partial charge in [-0.25, -0.2) is 4.79 Å². The second-order valence-electron chi connectivity index (χ2n) is 8.22. The Morgan fingerprint density at radius 1 is 1.17 bits per heavy atom. The van der Waals surface area contributed by atoms with Gasteiger partial charge in [-0.05, 0) is 92.4 Å². The summed E-state index contributed by atoms with van der Waals surface area (Å²) in [6.45, 7) is 2.69. The first-order chi connectivity index (χ1) is 11.0. The van der Waals surface area contributed by atoms with Crippen LogP contribution < -0.4 is 10.6 Å². The topological polar surface area (TPSA) is 61.4 Å². The molecule has 4 heteroatoms. The Labute approximate surface area is 137 Å². The molecular weight excluding hydrogens is 288 g/mol. The average Bonchev–Trinajstić information content (AvgIpc) is 2.47. The number of aromatic hydroxyl groups is 1. The van der Waals surface area contributed by atoms with E-state index < -0.39 is 0 Å². The van der Waals surface area contributed by atoms with E-state index in [0.717, 1.165) is 35.5 Å². The first kappa shape index (κ1) is 14.9. The lowest BCUT2D eigenvalue weighted by atomic mass is 9.49. The van der Waals surface area contributed by atoms with Gasteiger partial charge in [0, 0.05) is 12.2 Å². The van der Waals surface area contributed by atoms with Crippen molar-refractivity contribution in [2.24, 2.45) is 23.2 Å². The van der Waals surface area contributed by atoms with Gasteiger partial charge in [0.2, 0.25) is 0 Å². The number of amides is 2. The third-order valence-electron chi connectivity index (χ3n) is 6.25. The van der Waals surface area contributed by atoms with Crippen molar-refractivity contribution in [2.75, 3.05) is 11.9 Å². The number of anilines is 1. The van der Waals surface area contributed by atoms with E-state index in [1.165, 1.54) is 38.5 Å². The summed E-state index contributed by atoms with van der Waals surface area (Å²) in [4.78, 5) is 12.3. The predicted octanol–water partition coefficient (Wildman–Crippen LogP) is 4.04. The predicted molar refractivity (Wildman–Crippen MR) is 90.5 cm³/mol. The first-order valence-corrected chi connectivity index (χ1v) is 8.86. The summed E-state index contributed by atoms with van der Waals surface area (Å²) < 4.78 is 0. The van der Waals surface area contributed by atoms with Gasteiger partial charge in [-0.15, -0.1) is 0 Å². The smallest absolute Gasteiger partial charge is 0.319 e. The molecule has 1 aromatic rings. The zero-order chi connectivity index (χ0) is 16.0. The van der Waals surface area contributed by atoms with Gasteiger partial charge in [0.05, 0.1) is 0 Å². The van der Waals surface area contributed by atoms with Crippen molar-refractivity contribution >= 4 is 11.7 Å². The standard InChI is InChI=1S/C19H26N2O2/c1-12-4-16(22)2-3-17(12)21-18(23)20-11-19-8-13-5-14(9-19)7-15(6-13)10-19/h2-4,13-15,22H,5-11H2,1H3,(H2,20,21,23). The molecule has 124 valence electrons. The molecular formula is C19H26N2O2. The number of phenolic OH excluding ortho intramolecular Hbond substituents is 1. The van der Waals surface area contributed by atoms with Crippen LogP contribution in [0.5, 0.6) is 5.75 Å². The Balaban J connectivity index is 1.36. The van der Waals surface area contributed by atoms with E-state index in [2.05, 4.69) is 10.6 Å². The Morgan fingerprint density at radius 3 is 2.35 bits per heavy atom. The molecule has 4 saturated carbocycles. The Morgan fingerprint density at radius 2 is 1.78 bits per heavy atom. The summed E-state index contributed by atoms with van der Waals surface area (Å²) in [6, 6.07) is 4.88. The monoisotopic (exact) mass is 314 g/mol. The molecule has 1 aromatic carbocycles. The van der Waals surface area contributed by atoms with E-state index in [-0.39, 0.29) is 11.8 Å².